The molecule has 6 heteroatoms. The summed E-state index contributed by atoms with van der Waals surface area (Å²) >= 11 is 5.98. The molecule has 2 amide bonds. The molecule has 20 heavy (non-hydrogen) atoms. The SMILES string of the molecule is CCC1CCN(C(=O)Nc2cc(C(=O)O)ccc2Cl)C1. The number of carboxylic acids is 1. The average molecular weight is 297 g/mol. The summed E-state index contributed by atoms with van der Waals surface area (Å²) in [6.07, 6.45) is 2.06. The first-order valence-electron chi connectivity index (χ1n) is 6.60. The number of halogens is 1. The van der Waals surface area contributed by atoms with Gasteiger partial charge in [-0.15, -0.1) is 0 Å². The molecule has 0 aromatic heterocycles. The first kappa shape index (κ1) is 14.7. The maximum absolute atomic E-state index is 12.1. The number of carbonyl (C=O) groups excluding carboxylic acids is 1. The van der Waals surface area contributed by atoms with Gasteiger partial charge in [0.1, 0.15) is 0 Å². The van der Waals surface area contributed by atoms with Gasteiger partial charge in [-0.1, -0.05) is 24.9 Å². The third-order valence-electron chi connectivity index (χ3n) is 3.61. The van der Waals surface area contributed by atoms with E-state index in [0.717, 1.165) is 25.9 Å². The van der Waals surface area contributed by atoms with Crippen LogP contribution in [0.3, 0.4) is 0 Å². The predicted molar refractivity (Wildman–Crippen MR) is 77.4 cm³/mol. The summed E-state index contributed by atoms with van der Waals surface area (Å²) in [6.45, 7) is 3.57. The second-order valence-electron chi connectivity index (χ2n) is 4.94. The Bertz CT molecular complexity index is 533. The summed E-state index contributed by atoms with van der Waals surface area (Å²) < 4.78 is 0. The van der Waals surface area contributed by atoms with E-state index < -0.39 is 5.97 Å². The first-order chi connectivity index (χ1) is 9.51. The summed E-state index contributed by atoms with van der Waals surface area (Å²) in [7, 11) is 0. The van der Waals surface area contributed by atoms with Gasteiger partial charge in [-0.2, -0.15) is 0 Å². The Labute approximate surface area is 122 Å². The minimum absolute atomic E-state index is 0.0950. The van der Waals surface area contributed by atoms with Crippen LogP contribution in [0.4, 0.5) is 10.5 Å². The minimum Gasteiger partial charge on any atom is -0.478 e. The fourth-order valence-electron chi connectivity index (χ4n) is 2.30. The normalized spacial score (nSPS) is 18.1. The molecule has 1 aromatic rings. The molecule has 1 aliphatic rings. The van der Waals surface area contributed by atoms with E-state index in [-0.39, 0.29) is 11.6 Å². The van der Waals surface area contributed by atoms with Gasteiger partial charge in [-0.05, 0) is 30.5 Å². The Morgan fingerprint density at radius 1 is 1.50 bits per heavy atom. The molecule has 1 unspecified atom stereocenters. The van der Waals surface area contributed by atoms with Gasteiger partial charge in [0, 0.05) is 13.1 Å². The molecule has 1 aromatic carbocycles. The zero-order valence-corrected chi connectivity index (χ0v) is 12.0. The largest absolute Gasteiger partial charge is 0.478 e. The third-order valence-corrected chi connectivity index (χ3v) is 3.93. The number of carboxylic acid groups (broad SMARTS) is 1. The standard InChI is InChI=1S/C14H17ClN2O3/c1-2-9-5-6-17(8-9)14(20)16-12-7-10(13(18)19)3-4-11(12)15/h3-4,7,9H,2,5-6,8H2,1H3,(H,16,20)(H,18,19). The number of nitrogens with zero attached hydrogens (tertiary/aromatic N) is 1. The molecular formula is C14H17ClN2O3. The smallest absolute Gasteiger partial charge is 0.335 e. The number of amides is 2. The summed E-state index contributed by atoms with van der Waals surface area (Å²) in [5.41, 5.74) is 0.425. The molecule has 1 heterocycles. The minimum atomic E-state index is -1.05. The lowest BCUT2D eigenvalue weighted by Crippen LogP contribution is -2.33. The number of anilines is 1. The van der Waals surface area contributed by atoms with Gasteiger partial charge in [0.2, 0.25) is 0 Å². The van der Waals surface area contributed by atoms with Crippen molar-refractivity contribution in [3.8, 4) is 0 Å². The van der Waals surface area contributed by atoms with Crippen molar-refractivity contribution >= 4 is 29.3 Å². The molecule has 0 bridgehead atoms. The summed E-state index contributed by atoms with van der Waals surface area (Å²) in [4.78, 5) is 24.8. The van der Waals surface area contributed by atoms with Crippen molar-refractivity contribution in [2.24, 2.45) is 5.92 Å². The lowest BCUT2D eigenvalue weighted by molar-refractivity contribution is 0.0697. The van der Waals surface area contributed by atoms with Crippen LogP contribution < -0.4 is 5.32 Å². The van der Waals surface area contributed by atoms with Crippen molar-refractivity contribution in [1.29, 1.82) is 0 Å². The molecular weight excluding hydrogens is 280 g/mol. The van der Waals surface area contributed by atoms with Crippen molar-refractivity contribution in [2.45, 2.75) is 19.8 Å². The number of hydrogen-bond acceptors (Lipinski definition) is 2. The van der Waals surface area contributed by atoms with Crippen LogP contribution in [0.15, 0.2) is 18.2 Å². The Kier molecular flexibility index (Phi) is 4.49. The highest BCUT2D eigenvalue weighted by atomic mass is 35.5. The molecule has 0 spiro atoms. The highest BCUT2D eigenvalue weighted by Crippen LogP contribution is 2.25. The summed E-state index contributed by atoms with van der Waals surface area (Å²) in [6, 6.07) is 4.02. The second-order valence-corrected chi connectivity index (χ2v) is 5.35. The van der Waals surface area contributed by atoms with E-state index in [1.54, 1.807) is 4.90 Å². The molecule has 108 valence electrons. The van der Waals surface area contributed by atoms with E-state index in [1.807, 2.05) is 0 Å². The average Bonchev–Trinajstić information content (AvgIpc) is 2.89. The number of hydrogen-bond donors (Lipinski definition) is 2. The molecule has 2 N–H and O–H groups in total. The highest BCUT2D eigenvalue weighted by molar-refractivity contribution is 6.33. The highest BCUT2D eigenvalue weighted by Gasteiger charge is 2.25. The van der Waals surface area contributed by atoms with Crippen LogP contribution in [0.2, 0.25) is 5.02 Å². The number of aromatic carboxylic acids is 1. The van der Waals surface area contributed by atoms with Gasteiger partial charge in [-0.25, -0.2) is 9.59 Å². The second kappa shape index (κ2) is 6.13. The van der Waals surface area contributed by atoms with Crippen LogP contribution in [-0.4, -0.2) is 35.1 Å². The van der Waals surface area contributed by atoms with E-state index in [1.165, 1.54) is 18.2 Å². The van der Waals surface area contributed by atoms with Crippen molar-refractivity contribution in [1.82, 2.24) is 4.90 Å². The van der Waals surface area contributed by atoms with E-state index >= 15 is 0 Å². The number of likely N-dealkylation sites (tertiary alicyclic amines) is 1. The van der Waals surface area contributed by atoms with Crippen molar-refractivity contribution in [3.05, 3.63) is 28.8 Å². The quantitative estimate of drug-likeness (QED) is 0.899. The molecule has 1 saturated heterocycles. The molecule has 5 nitrogen and oxygen atoms in total. The topological polar surface area (TPSA) is 69.6 Å². The maximum atomic E-state index is 12.1. The lowest BCUT2D eigenvalue weighted by Gasteiger charge is -2.18. The Morgan fingerprint density at radius 3 is 2.85 bits per heavy atom. The van der Waals surface area contributed by atoms with Crippen LogP contribution in [-0.2, 0) is 0 Å². The van der Waals surface area contributed by atoms with Crippen LogP contribution >= 0.6 is 11.6 Å². The van der Waals surface area contributed by atoms with E-state index in [9.17, 15) is 9.59 Å². The van der Waals surface area contributed by atoms with E-state index in [0.29, 0.717) is 16.6 Å². The molecule has 1 fully saturated rings. The number of urea groups is 1. The van der Waals surface area contributed by atoms with Gasteiger partial charge >= 0.3 is 12.0 Å². The van der Waals surface area contributed by atoms with Crippen LogP contribution in [0.5, 0.6) is 0 Å². The predicted octanol–water partition coefficient (Wildman–Crippen LogP) is 3.30. The Hall–Kier alpha value is -1.75. The summed E-state index contributed by atoms with van der Waals surface area (Å²) in [5.74, 6) is -0.508. The zero-order chi connectivity index (χ0) is 14.7. The monoisotopic (exact) mass is 296 g/mol. The molecule has 0 saturated carbocycles. The number of benzene rings is 1. The molecule has 0 radical (unpaired) electrons. The van der Waals surface area contributed by atoms with Crippen LogP contribution in [0.1, 0.15) is 30.1 Å². The van der Waals surface area contributed by atoms with E-state index in [4.69, 9.17) is 16.7 Å². The fraction of sp³-hybridized carbons (Fsp3) is 0.429. The van der Waals surface area contributed by atoms with Crippen molar-refractivity contribution in [3.63, 3.8) is 0 Å². The Balaban J connectivity index is 2.08. The number of rotatable bonds is 3. The Morgan fingerprint density at radius 2 is 2.25 bits per heavy atom. The van der Waals surface area contributed by atoms with Crippen molar-refractivity contribution in [2.75, 3.05) is 18.4 Å². The number of nitrogens with one attached hydrogen (secondary N) is 1. The van der Waals surface area contributed by atoms with Crippen molar-refractivity contribution < 1.29 is 14.7 Å². The van der Waals surface area contributed by atoms with E-state index in [2.05, 4.69) is 12.2 Å². The van der Waals surface area contributed by atoms with Crippen LogP contribution in [0.25, 0.3) is 0 Å². The molecule has 0 aliphatic carbocycles. The van der Waals surface area contributed by atoms with Crippen LogP contribution in [0, 0.1) is 5.92 Å². The van der Waals surface area contributed by atoms with Gasteiger partial charge in [0.25, 0.3) is 0 Å². The first-order valence-corrected chi connectivity index (χ1v) is 6.97. The molecule has 1 aliphatic heterocycles. The molecule has 2 rings (SSSR count). The lowest BCUT2D eigenvalue weighted by atomic mass is 10.1. The fourth-order valence-corrected chi connectivity index (χ4v) is 2.46. The number of carbonyl (C=O) groups is 2. The third kappa shape index (κ3) is 3.22. The van der Waals surface area contributed by atoms with Gasteiger partial charge in [0.05, 0.1) is 16.3 Å². The maximum Gasteiger partial charge on any atom is 0.335 e. The molecule has 1 atom stereocenters. The zero-order valence-electron chi connectivity index (χ0n) is 11.2. The van der Waals surface area contributed by atoms with Gasteiger partial charge < -0.3 is 15.3 Å². The van der Waals surface area contributed by atoms with Gasteiger partial charge in [0.15, 0.2) is 0 Å². The van der Waals surface area contributed by atoms with Gasteiger partial charge in [-0.3, -0.25) is 0 Å². The summed E-state index contributed by atoms with van der Waals surface area (Å²) in [5, 5.41) is 12.0.